The van der Waals surface area contributed by atoms with E-state index < -0.39 is 0 Å². The fraction of sp³-hybridized carbons (Fsp3) is 1.00. The topological polar surface area (TPSA) is 26.0 Å². The minimum atomic E-state index is 0.477. The van der Waals surface area contributed by atoms with Gasteiger partial charge < -0.3 is 5.73 Å². The summed E-state index contributed by atoms with van der Waals surface area (Å²) in [6.45, 7) is 6.79. The van der Waals surface area contributed by atoms with E-state index in [-0.39, 0.29) is 0 Å². The second-order valence-electron chi connectivity index (χ2n) is 3.65. The highest BCUT2D eigenvalue weighted by atomic mass is 14.7. The molecule has 1 rings (SSSR count). The summed E-state index contributed by atoms with van der Waals surface area (Å²) in [5, 5.41) is 0. The van der Waals surface area contributed by atoms with Crippen molar-refractivity contribution in [1.29, 1.82) is 0 Å². The minimum Gasteiger partial charge on any atom is -0.327 e. The molecule has 0 aromatic rings. The molecule has 8 heavy (non-hydrogen) atoms. The molecule has 1 aliphatic rings. The van der Waals surface area contributed by atoms with Crippen molar-refractivity contribution in [1.82, 2.24) is 0 Å². The maximum absolute atomic E-state index is 5.70. The Morgan fingerprint density at radius 3 is 2.00 bits per heavy atom. The van der Waals surface area contributed by atoms with Crippen LogP contribution in [0.1, 0.15) is 27.2 Å². The maximum Gasteiger partial charge on any atom is 0.00748 e. The second-order valence-corrected chi connectivity index (χ2v) is 3.65. The summed E-state index contributed by atoms with van der Waals surface area (Å²) in [5.74, 6) is 0.725. The Labute approximate surface area is 51.3 Å². The molecule has 0 aliphatic heterocycles. The minimum absolute atomic E-state index is 0.477. The molecule has 0 heterocycles. The lowest BCUT2D eigenvalue weighted by atomic mass is 9.60. The molecule has 1 saturated carbocycles. The van der Waals surface area contributed by atoms with Crippen LogP contribution >= 0.6 is 0 Å². The van der Waals surface area contributed by atoms with Crippen LogP contribution in [-0.4, -0.2) is 6.04 Å². The van der Waals surface area contributed by atoms with Gasteiger partial charge in [0.1, 0.15) is 0 Å². The van der Waals surface area contributed by atoms with E-state index in [1.807, 2.05) is 0 Å². The molecule has 48 valence electrons. The highest BCUT2D eigenvalue weighted by Gasteiger charge is 2.41. The highest BCUT2D eigenvalue weighted by molar-refractivity contribution is 4.95. The first-order valence-corrected chi connectivity index (χ1v) is 3.29. The molecule has 0 aromatic carbocycles. The van der Waals surface area contributed by atoms with E-state index in [2.05, 4.69) is 20.8 Å². The van der Waals surface area contributed by atoms with Crippen molar-refractivity contribution in [2.75, 3.05) is 0 Å². The summed E-state index contributed by atoms with van der Waals surface area (Å²) in [6.07, 6.45) is 1.20. The molecule has 0 saturated heterocycles. The van der Waals surface area contributed by atoms with Gasteiger partial charge in [-0.1, -0.05) is 20.8 Å². The Kier molecular flexibility index (Phi) is 1.12. The third kappa shape index (κ3) is 0.655. The van der Waals surface area contributed by atoms with Crippen LogP contribution in [0.5, 0.6) is 0 Å². The fourth-order valence-corrected chi connectivity index (χ4v) is 1.39. The number of rotatable bonds is 0. The molecule has 0 radical (unpaired) electrons. The highest BCUT2D eigenvalue weighted by Crippen LogP contribution is 2.44. The lowest BCUT2D eigenvalue weighted by Crippen LogP contribution is -2.51. The van der Waals surface area contributed by atoms with Crippen molar-refractivity contribution in [3.8, 4) is 0 Å². The fourth-order valence-electron chi connectivity index (χ4n) is 1.39. The number of hydrogen-bond acceptors (Lipinski definition) is 1. The Morgan fingerprint density at radius 1 is 1.50 bits per heavy atom. The summed E-state index contributed by atoms with van der Waals surface area (Å²) in [7, 11) is 0. The Balaban J connectivity index is 2.47. The summed E-state index contributed by atoms with van der Waals surface area (Å²) in [6, 6.07) is 0.477. The van der Waals surface area contributed by atoms with E-state index in [4.69, 9.17) is 5.73 Å². The van der Waals surface area contributed by atoms with Crippen LogP contribution in [0.4, 0.5) is 0 Å². The first kappa shape index (κ1) is 6.09. The first-order valence-electron chi connectivity index (χ1n) is 3.29. The largest absolute Gasteiger partial charge is 0.327 e. The van der Waals surface area contributed by atoms with Gasteiger partial charge in [0.25, 0.3) is 0 Å². The maximum atomic E-state index is 5.70. The summed E-state index contributed by atoms with van der Waals surface area (Å²) in [4.78, 5) is 0. The van der Waals surface area contributed by atoms with Crippen molar-refractivity contribution in [3.63, 3.8) is 0 Å². The van der Waals surface area contributed by atoms with E-state index in [0.29, 0.717) is 11.5 Å². The smallest absolute Gasteiger partial charge is 0.00748 e. The van der Waals surface area contributed by atoms with Crippen molar-refractivity contribution in [3.05, 3.63) is 0 Å². The van der Waals surface area contributed by atoms with Crippen LogP contribution in [0.15, 0.2) is 0 Å². The van der Waals surface area contributed by atoms with Gasteiger partial charge in [-0.3, -0.25) is 0 Å². The van der Waals surface area contributed by atoms with Gasteiger partial charge in [0.2, 0.25) is 0 Å². The molecule has 1 heteroatoms. The third-order valence-electron chi connectivity index (χ3n) is 2.64. The molecule has 2 unspecified atom stereocenters. The van der Waals surface area contributed by atoms with Crippen LogP contribution in [0, 0.1) is 11.3 Å². The summed E-state index contributed by atoms with van der Waals surface area (Å²) < 4.78 is 0. The predicted octanol–water partition coefficient (Wildman–Crippen LogP) is 1.38. The molecule has 1 aliphatic carbocycles. The standard InChI is InChI=1S/C7H15N/c1-5-6(8)4-7(5,2)3/h5-6H,4,8H2,1-3H3. The quantitative estimate of drug-likeness (QED) is 0.504. The zero-order valence-electron chi connectivity index (χ0n) is 5.94. The molecule has 0 amide bonds. The lowest BCUT2D eigenvalue weighted by molar-refractivity contribution is 0.0573. The predicted molar refractivity (Wildman–Crippen MR) is 35.5 cm³/mol. The molecule has 0 bridgehead atoms. The molecule has 1 fully saturated rings. The third-order valence-corrected chi connectivity index (χ3v) is 2.64. The second kappa shape index (κ2) is 1.47. The van der Waals surface area contributed by atoms with E-state index in [1.165, 1.54) is 6.42 Å². The number of hydrogen-bond donors (Lipinski definition) is 1. The van der Waals surface area contributed by atoms with Crippen LogP contribution in [0.2, 0.25) is 0 Å². The van der Waals surface area contributed by atoms with Crippen LogP contribution in [0.3, 0.4) is 0 Å². The van der Waals surface area contributed by atoms with Crippen molar-refractivity contribution < 1.29 is 0 Å². The van der Waals surface area contributed by atoms with Crippen molar-refractivity contribution in [2.45, 2.75) is 33.2 Å². The van der Waals surface area contributed by atoms with Gasteiger partial charge in [-0.15, -0.1) is 0 Å². The molecule has 2 atom stereocenters. The van der Waals surface area contributed by atoms with Gasteiger partial charge >= 0.3 is 0 Å². The summed E-state index contributed by atoms with van der Waals surface area (Å²) >= 11 is 0. The van der Waals surface area contributed by atoms with Gasteiger partial charge in [-0.25, -0.2) is 0 Å². The Hall–Kier alpha value is -0.0400. The van der Waals surface area contributed by atoms with Crippen LogP contribution in [-0.2, 0) is 0 Å². The van der Waals surface area contributed by atoms with Gasteiger partial charge in [-0.2, -0.15) is 0 Å². The molecular weight excluding hydrogens is 98.1 g/mol. The Bertz CT molecular complexity index is 96.6. The van der Waals surface area contributed by atoms with E-state index in [9.17, 15) is 0 Å². The number of nitrogens with two attached hydrogens (primary N) is 1. The molecule has 2 N–H and O–H groups in total. The molecule has 0 aromatic heterocycles. The van der Waals surface area contributed by atoms with Gasteiger partial charge in [-0.05, 0) is 17.8 Å². The monoisotopic (exact) mass is 113 g/mol. The van der Waals surface area contributed by atoms with Crippen LogP contribution < -0.4 is 5.73 Å². The van der Waals surface area contributed by atoms with Crippen molar-refractivity contribution >= 4 is 0 Å². The van der Waals surface area contributed by atoms with Gasteiger partial charge in [0.15, 0.2) is 0 Å². The van der Waals surface area contributed by atoms with E-state index in [1.54, 1.807) is 0 Å². The van der Waals surface area contributed by atoms with E-state index in [0.717, 1.165) is 5.92 Å². The zero-order valence-corrected chi connectivity index (χ0v) is 5.94. The van der Waals surface area contributed by atoms with E-state index >= 15 is 0 Å². The van der Waals surface area contributed by atoms with Gasteiger partial charge in [0, 0.05) is 6.04 Å². The summed E-state index contributed by atoms with van der Waals surface area (Å²) in [5.41, 5.74) is 6.22. The normalized spacial score (nSPS) is 43.5. The zero-order chi connectivity index (χ0) is 6.36. The first-order chi connectivity index (χ1) is 3.54. The molecular formula is C7H15N. The lowest BCUT2D eigenvalue weighted by Gasteiger charge is -2.48. The van der Waals surface area contributed by atoms with Gasteiger partial charge in [0.05, 0.1) is 0 Å². The average molecular weight is 113 g/mol. The molecule has 0 spiro atoms. The van der Waals surface area contributed by atoms with Crippen LogP contribution in [0.25, 0.3) is 0 Å². The van der Waals surface area contributed by atoms with Crippen molar-refractivity contribution in [2.24, 2.45) is 17.1 Å². The molecule has 1 nitrogen and oxygen atoms in total. The SMILES string of the molecule is CC1C(N)CC1(C)C. The average Bonchev–Trinajstić information content (AvgIpc) is 1.65. The Morgan fingerprint density at radius 2 is 2.00 bits per heavy atom.